The predicted molar refractivity (Wildman–Crippen MR) is 83.8 cm³/mol. The predicted octanol–water partition coefficient (Wildman–Crippen LogP) is 4.01. The number of hydrogen-bond acceptors (Lipinski definition) is 4. The first-order valence-corrected chi connectivity index (χ1v) is 8.06. The maximum atomic E-state index is 5.94. The van der Waals surface area contributed by atoms with Gasteiger partial charge in [-0.3, -0.25) is 0 Å². The minimum Gasteiger partial charge on any atom is -0.383 e. The number of nitrogens with zero attached hydrogens (tertiary/aromatic N) is 2. The third-order valence-electron chi connectivity index (χ3n) is 2.32. The molecule has 0 spiro atoms. The van der Waals surface area contributed by atoms with Crippen molar-refractivity contribution in [2.45, 2.75) is 45.8 Å². The van der Waals surface area contributed by atoms with E-state index in [1.807, 2.05) is 11.8 Å². The highest BCUT2D eigenvalue weighted by Gasteiger charge is 2.22. The molecular weight excluding hydrogens is 310 g/mol. The minimum absolute atomic E-state index is 0.0344. The second-order valence-corrected chi connectivity index (χ2v) is 7.67. The molecule has 0 aliphatic rings. The molecule has 1 aromatic heterocycles. The Morgan fingerprint density at radius 1 is 1.28 bits per heavy atom. The van der Waals surface area contributed by atoms with E-state index in [0.717, 1.165) is 27.5 Å². The number of thioether (sulfide) groups is 1. The van der Waals surface area contributed by atoms with Gasteiger partial charge in [-0.1, -0.05) is 34.6 Å². The maximum Gasteiger partial charge on any atom is 0.141 e. The van der Waals surface area contributed by atoms with Gasteiger partial charge < -0.3 is 5.73 Å². The van der Waals surface area contributed by atoms with E-state index in [-0.39, 0.29) is 5.41 Å². The Morgan fingerprint density at radius 3 is 2.39 bits per heavy atom. The SMILES string of the molecule is CC(C)CSCc1nc(N)c(Br)c(C(C)(C)C)n1. The molecule has 102 valence electrons. The fourth-order valence-electron chi connectivity index (χ4n) is 1.46. The number of hydrogen-bond donors (Lipinski definition) is 1. The number of aromatic nitrogens is 2. The van der Waals surface area contributed by atoms with Gasteiger partial charge in [-0.05, 0) is 27.6 Å². The quantitative estimate of drug-likeness (QED) is 0.905. The normalized spacial score (nSPS) is 12.2. The van der Waals surface area contributed by atoms with Crippen molar-refractivity contribution in [1.29, 1.82) is 0 Å². The smallest absolute Gasteiger partial charge is 0.141 e. The molecule has 0 atom stereocenters. The van der Waals surface area contributed by atoms with Gasteiger partial charge in [-0.15, -0.1) is 0 Å². The van der Waals surface area contributed by atoms with Gasteiger partial charge in [0.15, 0.2) is 0 Å². The second kappa shape index (κ2) is 6.24. The van der Waals surface area contributed by atoms with Gasteiger partial charge >= 0.3 is 0 Å². The summed E-state index contributed by atoms with van der Waals surface area (Å²) >= 11 is 5.34. The lowest BCUT2D eigenvalue weighted by Gasteiger charge is -2.20. The Labute approximate surface area is 122 Å². The van der Waals surface area contributed by atoms with Crippen molar-refractivity contribution in [2.75, 3.05) is 11.5 Å². The first-order valence-electron chi connectivity index (χ1n) is 6.12. The van der Waals surface area contributed by atoms with Crippen molar-refractivity contribution in [2.24, 2.45) is 5.92 Å². The lowest BCUT2D eigenvalue weighted by Crippen LogP contribution is -2.17. The number of nitrogen functional groups attached to an aromatic ring is 1. The molecule has 0 saturated heterocycles. The first kappa shape index (κ1) is 15.8. The number of nitrogens with two attached hydrogens (primary N) is 1. The van der Waals surface area contributed by atoms with Crippen LogP contribution in [-0.2, 0) is 11.2 Å². The third kappa shape index (κ3) is 4.43. The average molecular weight is 332 g/mol. The van der Waals surface area contributed by atoms with Crippen LogP contribution in [0.25, 0.3) is 0 Å². The van der Waals surface area contributed by atoms with Crippen LogP contribution in [0.4, 0.5) is 5.82 Å². The van der Waals surface area contributed by atoms with Gasteiger partial charge in [0.05, 0.1) is 15.9 Å². The van der Waals surface area contributed by atoms with E-state index in [1.165, 1.54) is 0 Å². The number of rotatable bonds is 4. The second-order valence-electron chi connectivity index (χ2n) is 5.85. The molecule has 0 bridgehead atoms. The molecule has 1 heterocycles. The zero-order valence-electron chi connectivity index (χ0n) is 11.7. The van der Waals surface area contributed by atoms with Crippen LogP contribution in [0.3, 0.4) is 0 Å². The molecule has 0 saturated carbocycles. The Kier molecular flexibility index (Phi) is 5.46. The summed E-state index contributed by atoms with van der Waals surface area (Å²) in [5.41, 5.74) is 6.89. The highest BCUT2D eigenvalue weighted by molar-refractivity contribution is 9.10. The van der Waals surface area contributed by atoms with E-state index in [2.05, 4.69) is 60.5 Å². The van der Waals surface area contributed by atoms with Crippen molar-refractivity contribution in [3.63, 3.8) is 0 Å². The molecule has 0 fully saturated rings. The molecule has 0 aliphatic carbocycles. The Morgan fingerprint density at radius 2 is 1.89 bits per heavy atom. The van der Waals surface area contributed by atoms with E-state index in [1.54, 1.807) is 0 Å². The first-order chi connectivity index (χ1) is 8.21. The van der Waals surface area contributed by atoms with Crippen LogP contribution < -0.4 is 5.73 Å². The van der Waals surface area contributed by atoms with Crippen molar-refractivity contribution in [3.05, 3.63) is 16.0 Å². The summed E-state index contributed by atoms with van der Waals surface area (Å²) in [5, 5.41) is 0. The highest BCUT2D eigenvalue weighted by atomic mass is 79.9. The maximum absolute atomic E-state index is 5.94. The van der Waals surface area contributed by atoms with Crippen LogP contribution in [-0.4, -0.2) is 15.7 Å². The van der Waals surface area contributed by atoms with Crippen LogP contribution in [0.5, 0.6) is 0 Å². The fourth-order valence-corrected chi connectivity index (χ4v) is 3.13. The van der Waals surface area contributed by atoms with Crippen molar-refractivity contribution >= 4 is 33.5 Å². The van der Waals surface area contributed by atoms with Crippen molar-refractivity contribution < 1.29 is 0 Å². The molecule has 18 heavy (non-hydrogen) atoms. The van der Waals surface area contributed by atoms with Gasteiger partial charge in [0.1, 0.15) is 11.6 Å². The average Bonchev–Trinajstić information content (AvgIpc) is 2.20. The summed E-state index contributed by atoms with van der Waals surface area (Å²) in [6.45, 7) is 10.8. The summed E-state index contributed by atoms with van der Waals surface area (Å²) in [7, 11) is 0. The molecule has 0 aliphatic heterocycles. The van der Waals surface area contributed by atoms with Crippen LogP contribution in [0, 0.1) is 5.92 Å². The van der Waals surface area contributed by atoms with Gasteiger partial charge in [0.25, 0.3) is 0 Å². The largest absolute Gasteiger partial charge is 0.383 e. The van der Waals surface area contributed by atoms with E-state index < -0.39 is 0 Å². The van der Waals surface area contributed by atoms with E-state index in [9.17, 15) is 0 Å². The molecule has 0 unspecified atom stereocenters. The van der Waals surface area contributed by atoms with Crippen LogP contribution in [0.15, 0.2) is 4.47 Å². The third-order valence-corrected chi connectivity index (χ3v) is 4.46. The van der Waals surface area contributed by atoms with Crippen molar-refractivity contribution in [1.82, 2.24) is 9.97 Å². The summed E-state index contributed by atoms with van der Waals surface area (Å²) in [4.78, 5) is 8.99. The van der Waals surface area contributed by atoms with E-state index in [0.29, 0.717) is 11.7 Å². The molecule has 3 nitrogen and oxygen atoms in total. The molecule has 1 rings (SSSR count). The minimum atomic E-state index is -0.0344. The molecule has 5 heteroatoms. The zero-order chi connectivity index (χ0) is 13.9. The van der Waals surface area contributed by atoms with Gasteiger partial charge in [0, 0.05) is 5.41 Å². The Hall–Kier alpha value is -0.290. The van der Waals surface area contributed by atoms with Crippen LogP contribution in [0.2, 0.25) is 0 Å². The van der Waals surface area contributed by atoms with Gasteiger partial charge in [-0.2, -0.15) is 11.8 Å². The fraction of sp³-hybridized carbons (Fsp3) is 0.692. The number of halogens is 1. The van der Waals surface area contributed by atoms with Gasteiger partial charge in [-0.25, -0.2) is 9.97 Å². The molecule has 2 N–H and O–H groups in total. The monoisotopic (exact) mass is 331 g/mol. The van der Waals surface area contributed by atoms with E-state index in [4.69, 9.17) is 5.73 Å². The zero-order valence-corrected chi connectivity index (χ0v) is 14.2. The summed E-state index contributed by atoms with van der Waals surface area (Å²) in [5.74, 6) is 3.98. The lowest BCUT2D eigenvalue weighted by molar-refractivity contribution is 0.560. The number of anilines is 1. The molecule has 0 radical (unpaired) electrons. The van der Waals surface area contributed by atoms with Crippen molar-refractivity contribution in [3.8, 4) is 0 Å². The molecule has 0 amide bonds. The van der Waals surface area contributed by atoms with E-state index >= 15 is 0 Å². The molecule has 1 aromatic rings. The van der Waals surface area contributed by atoms with Gasteiger partial charge in [0.2, 0.25) is 0 Å². The summed E-state index contributed by atoms with van der Waals surface area (Å²) < 4.78 is 0.826. The Bertz CT molecular complexity index is 413. The van der Waals surface area contributed by atoms with Crippen LogP contribution in [0.1, 0.15) is 46.1 Å². The summed E-state index contributed by atoms with van der Waals surface area (Å²) in [6.07, 6.45) is 0. The van der Waals surface area contributed by atoms with Crippen LogP contribution >= 0.6 is 27.7 Å². The standard InChI is InChI=1S/C13H22BrN3S/c1-8(2)6-18-7-9-16-11(13(3,4)5)10(14)12(15)17-9/h8H,6-7H2,1-5H3,(H2,15,16,17). The topological polar surface area (TPSA) is 51.8 Å². The molecule has 0 aromatic carbocycles. The Balaban J connectivity index is 2.91. The summed E-state index contributed by atoms with van der Waals surface area (Å²) in [6, 6.07) is 0. The lowest BCUT2D eigenvalue weighted by atomic mass is 9.92. The highest BCUT2D eigenvalue weighted by Crippen LogP contribution is 2.31. The molecular formula is C13H22BrN3S.